The van der Waals surface area contributed by atoms with Gasteiger partial charge in [0.2, 0.25) is 5.91 Å². The van der Waals surface area contributed by atoms with Gasteiger partial charge in [0.25, 0.3) is 0 Å². The molecule has 1 aromatic rings. The number of amides is 1. The zero-order valence-electron chi connectivity index (χ0n) is 11.6. The maximum Gasteiger partial charge on any atom is 0.304 e. The van der Waals surface area contributed by atoms with Crippen molar-refractivity contribution in [3.63, 3.8) is 0 Å². The van der Waals surface area contributed by atoms with Gasteiger partial charge in [0.1, 0.15) is 0 Å². The number of benzene rings is 1. The minimum Gasteiger partial charge on any atom is -0.481 e. The van der Waals surface area contributed by atoms with Gasteiger partial charge in [0.15, 0.2) is 0 Å². The van der Waals surface area contributed by atoms with Crippen LogP contribution in [-0.4, -0.2) is 41.5 Å². The summed E-state index contributed by atoms with van der Waals surface area (Å²) in [5, 5.41) is 11.5. The van der Waals surface area contributed by atoms with E-state index in [-0.39, 0.29) is 18.9 Å². The van der Waals surface area contributed by atoms with Crippen molar-refractivity contribution in [3.8, 4) is 0 Å². The van der Waals surface area contributed by atoms with Gasteiger partial charge >= 0.3 is 5.97 Å². The van der Waals surface area contributed by atoms with Crippen LogP contribution in [0.5, 0.6) is 0 Å². The molecule has 0 atom stereocenters. The Balaban J connectivity index is 2.52. The lowest BCUT2D eigenvalue weighted by atomic mass is 10.2. The van der Waals surface area contributed by atoms with Crippen LogP contribution in [0, 0.1) is 6.92 Å². The number of anilines is 1. The van der Waals surface area contributed by atoms with Crippen molar-refractivity contribution in [2.45, 2.75) is 20.3 Å². The quantitative estimate of drug-likeness (QED) is 0.798. The van der Waals surface area contributed by atoms with Crippen molar-refractivity contribution >= 4 is 33.5 Å². The molecule has 0 aliphatic carbocycles. The second-order valence-corrected chi connectivity index (χ2v) is 5.38. The minimum absolute atomic E-state index is 0.0402. The standard InChI is InChI=1S/C14H19BrN2O3/c1-3-17(7-6-14(19)20)9-13(18)16-11-4-5-12(15)10(2)8-11/h4-5,8H,3,6-7,9H2,1-2H3,(H,16,18)(H,19,20). The Hall–Kier alpha value is -1.40. The number of carboxylic acid groups (broad SMARTS) is 1. The fraction of sp³-hybridized carbons (Fsp3) is 0.429. The third-order valence-electron chi connectivity index (χ3n) is 2.90. The minimum atomic E-state index is -0.854. The van der Waals surface area contributed by atoms with E-state index in [1.165, 1.54) is 0 Å². The Morgan fingerprint density at radius 2 is 2.10 bits per heavy atom. The molecule has 0 aromatic heterocycles. The van der Waals surface area contributed by atoms with Gasteiger partial charge in [-0.15, -0.1) is 0 Å². The molecule has 2 N–H and O–H groups in total. The second-order valence-electron chi connectivity index (χ2n) is 4.52. The van der Waals surface area contributed by atoms with Gasteiger partial charge in [-0.1, -0.05) is 22.9 Å². The van der Waals surface area contributed by atoms with Crippen molar-refractivity contribution in [1.29, 1.82) is 0 Å². The Morgan fingerprint density at radius 3 is 2.65 bits per heavy atom. The molecule has 0 bridgehead atoms. The number of rotatable bonds is 7. The van der Waals surface area contributed by atoms with E-state index >= 15 is 0 Å². The Bertz CT molecular complexity index is 491. The molecule has 0 saturated heterocycles. The van der Waals surface area contributed by atoms with Crippen molar-refractivity contribution in [2.24, 2.45) is 0 Å². The molecule has 1 aromatic carbocycles. The maximum absolute atomic E-state index is 11.9. The summed E-state index contributed by atoms with van der Waals surface area (Å²) in [6.07, 6.45) is 0.0402. The lowest BCUT2D eigenvalue weighted by Gasteiger charge is -2.18. The van der Waals surface area contributed by atoms with E-state index in [1.807, 2.05) is 32.0 Å². The molecular formula is C14H19BrN2O3. The normalized spacial score (nSPS) is 10.6. The number of nitrogens with one attached hydrogen (secondary N) is 1. The second kappa shape index (κ2) is 8.01. The van der Waals surface area contributed by atoms with E-state index in [2.05, 4.69) is 21.2 Å². The van der Waals surface area contributed by atoms with Crippen LogP contribution >= 0.6 is 15.9 Å². The Kier molecular flexibility index (Phi) is 6.67. The predicted molar refractivity (Wildman–Crippen MR) is 81.9 cm³/mol. The number of halogens is 1. The van der Waals surface area contributed by atoms with Crippen molar-refractivity contribution in [1.82, 2.24) is 4.90 Å². The molecule has 0 heterocycles. The first kappa shape index (κ1) is 16.7. The van der Waals surface area contributed by atoms with Gasteiger partial charge in [0.05, 0.1) is 13.0 Å². The highest BCUT2D eigenvalue weighted by Crippen LogP contribution is 2.19. The number of carbonyl (C=O) groups is 2. The molecule has 20 heavy (non-hydrogen) atoms. The molecule has 110 valence electrons. The van der Waals surface area contributed by atoms with Crippen molar-refractivity contribution < 1.29 is 14.7 Å². The lowest BCUT2D eigenvalue weighted by molar-refractivity contribution is -0.137. The molecule has 0 radical (unpaired) electrons. The van der Waals surface area contributed by atoms with Gasteiger partial charge in [-0.05, 0) is 37.2 Å². The molecule has 5 nitrogen and oxygen atoms in total. The fourth-order valence-electron chi connectivity index (χ4n) is 1.73. The Morgan fingerprint density at radius 1 is 1.40 bits per heavy atom. The van der Waals surface area contributed by atoms with Crippen LogP contribution in [0.25, 0.3) is 0 Å². The van der Waals surface area contributed by atoms with E-state index in [0.29, 0.717) is 13.1 Å². The number of carbonyl (C=O) groups excluding carboxylic acids is 1. The van der Waals surface area contributed by atoms with Crippen LogP contribution in [-0.2, 0) is 9.59 Å². The molecule has 0 aliphatic heterocycles. The first-order valence-electron chi connectivity index (χ1n) is 6.42. The highest BCUT2D eigenvalue weighted by molar-refractivity contribution is 9.10. The maximum atomic E-state index is 11.9. The van der Waals surface area contributed by atoms with E-state index in [4.69, 9.17) is 5.11 Å². The van der Waals surface area contributed by atoms with Crippen LogP contribution in [0.15, 0.2) is 22.7 Å². The fourth-order valence-corrected chi connectivity index (χ4v) is 1.98. The molecule has 6 heteroatoms. The summed E-state index contributed by atoms with van der Waals surface area (Å²) in [5.74, 6) is -0.994. The third-order valence-corrected chi connectivity index (χ3v) is 3.79. The topological polar surface area (TPSA) is 69.6 Å². The van der Waals surface area contributed by atoms with Crippen molar-refractivity contribution in [2.75, 3.05) is 25.0 Å². The average Bonchev–Trinajstić information content (AvgIpc) is 2.38. The van der Waals surface area contributed by atoms with E-state index in [9.17, 15) is 9.59 Å². The summed E-state index contributed by atoms with van der Waals surface area (Å²) in [6, 6.07) is 5.59. The third kappa shape index (κ3) is 5.71. The molecule has 0 fully saturated rings. The van der Waals surface area contributed by atoms with Crippen LogP contribution in [0.2, 0.25) is 0 Å². The van der Waals surface area contributed by atoms with Crippen molar-refractivity contribution in [3.05, 3.63) is 28.2 Å². The number of hydrogen-bond donors (Lipinski definition) is 2. The van der Waals surface area contributed by atoms with Gasteiger partial charge in [-0.3, -0.25) is 14.5 Å². The predicted octanol–water partition coefficient (Wildman–Crippen LogP) is 2.49. The summed E-state index contributed by atoms with van der Waals surface area (Å²) in [6.45, 7) is 5.06. The lowest BCUT2D eigenvalue weighted by Crippen LogP contribution is -2.34. The first-order valence-corrected chi connectivity index (χ1v) is 7.21. The van der Waals surface area contributed by atoms with E-state index in [0.717, 1.165) is 15.7 Å². The number of likely N-dealkylation sites (N-methyl/N-ethyl adjacent to an activating group) is 1. The van der Waals surface area contributed by atoms with Gasteiger partial charge in [0, 0.05) is 16.7 Å². The summed E-state index contributed by atoms with van der Waals surface area (Å²) in [5.41, 5.74) is 1.78. The monoisotopic (exact) mass is 342 g/mol. The molecule has 0 saturated carbocycles. The summed E-state index contributed by atoms with van der Waals surface area (Å²) < 4.78 is 0.993. The highest BCUT2D eigenvalue weighted by atomic mass is 79.9. The summed E-state index contributed by atoms with van der Waals surface area (Å²) >= 11 is 3.40. The number of aliphatic carboxylic acids is 1. The van der Waals surface area contributed by atoms with Crippen LogP contribution in [0.4, 0.5) is 5.69 Å². The molecule has 0 spiro atoms. The van der Waals surface area contributed by atoms with Crippen LogP contribution < -0.4 is 5.32 Å². The molecule has 0 unspecified atom stereocenters. The van der Waals surface area contributed by atoms with Gasteiger partial charge < -0.3 is 10.4 Å². The Labute approximate surface area is 127 Å². The number of hydrogen-bond acceptors (Lipinski definition) is 3. The van der Waals surface area contributed by atoms with Gasteiger partial charge in [-0.2, -0.15) is 0 Å². The van der Waals surface area contributed by atoms with Gasteiger partial charge in [-0.25, -0.2) is 0 Å². The summed E-state index contributed by atoms with van der Waals surface area (Å²) in [7, 11) is 0. The highest BCUT2D eigenvalue weighted by Gasteiger charge is 2.11. The molecule has 0 aliphatic rings. The van der Waals surface area contributed by atoms with Crippen LogP contribution in [0.1, 0.15) is 18.9 Å². The number of aryl methyl sites for hydroxylation is 1. The summed E-state index contributed by atoms with van der Waals surface area (Å²) in [4.78, 5) is 24.2. The number of carboxylic acids is 1. The average molecular weight is 343 g/mol. The first-order chi connectivity index (χ1) is 9.42. The molecular weight excluding hydrogens is 324 g/mol. The zero-order chi connectivity index (χ0) is 15.1. The van der Waals surface area contributed by atoms with E-state index < -0.39 is 5.97 Å². The molecule has 1 amide bonds. The van der Waals surface area contributed by atoms with Crippen LogP contribution in [0.3, 0.4) is 0 Å². The number of nitrogens with zero attached hydrogens (tertiary/aromatic N) is 1. The zero-order valence-corrected chi connectivity index (χ0v) is 13.2. The SMILES string of the molecule is CCN(CCC(=O)O)CC(=O)Nc1ccc(Br)c(C)c1. The van der Waals surface area contributed by atoms with E-state index in [1.54, 1.807) is 4.90 Å². The molecule has 1 rings (SSSR count). The largest absolute Gasteiger partial charge is 0.481 e. The smallest absolute Gasteiger partial charge is 0.304 e.